The number of rotatable bonds is 3. The lowest BCUT2D eigenvalue weighted by Crippen LogP contribution is -2.13. The molecule has 2 atom stereocenters. The van der Waals surface area contributed by atoms with E-state index in [-0.39, 0.29) is 0 Å². The van der Waals surface area contributed by atoms with Gasteiger partial charge in [-0.05, 0) is 28.7 Å². The maximum atomic E-state index is 5.57. The molecule has 0 spiro atoms. The van der Waals surface area contributed by atoms with E-state index < -0.39 is 0 Å². The van der Waals surface area contributed by atoms with Crippen molar-refractivity contribution >= 4 is 10.8 Å². The highest BCUT2D eigenvalue weighted by molar-refractivity contribution is 5.85. The molecule has 2 unspecified atom stereocenters. The fourth-order valence-corrected chi connectivity index (χ4v) is 2.84. The lowest BCUT2D eigenvalue weighted by Gasteiger charge is -2.15. The standard InChI is InChI=1S/C17H18O/c1-2-13-11-18-12-16(13)10-15-8-5-7-14-6-3-4-9-17(14)15/h2-9,13,16H,1,10-12H2. The average molecular weight is 238 g/mol. The molecule has 0 N–H and O–H groups in total. The van der Waals surface area contributed by atoms with Crippen LogP contribution < -0.4 is 0 Å². The monoisotopic (exact) mass is 238 g/mol. The minimum absolute atomic E-state index is 0.504. The van der Waals surface area contributed by atoms with Crippen LogP contribution in [0.15, 0.2) is 55.1 Å². The molecule has 1 heterocycles. The highest BCUT2D eigenvalue weighted by Gasteiger charge is 2.26. The van der Waals surface area contributed by atoms with Gasteiger partial charge >= 0.3 is 0 Å². The van der Waals surface area contributed by atoms with Crippen LogP contribution in [0.1, 0.15) is 5.56 Å². The predicted molar refractivity (Wildman–Crippen MR) is 75.6 cm³/mol. The van der Waals surface area contributed by atoms with Gasteiger partial charge in [-0.2, -0.15) is 0 Å². The Hall–Kier alpha value is -1.60. The fourth-order valence-electron chi connectivity index (χ4n) is 2.84. The summed E-state index contributed by atoms with van der Waals surface area (Å²) >= 11 is 0. The quantitative estimate of drug-likeness (QED) is 0.738. The Morgan fingerprint density at radius 3 is 2.83 bits per heavy atom. The number of hydrogen-bond donors (Lipinski definition) is 0. The van der Waals surface area contributed by atoms with Crippen molar-refractivity contribution in [3.63, 3.8) is 0 Å². The summed E-state index contributed by atoms with van der Waals surface area (Å²) in [6.07, 6.45) is 3.13. The van der Waals surface area contributed by atoms with E-state index in [1.165, 1.54) is 16.3 Å². The first-order valence-corrected chi connectivity index (χ1v) is 6.55. The molecule has 1 fully saturated rings. The van der Waals surface area contributed by atoms with Crippen LogP contribution in [-0.2, 0) is 11.2 Å². The molecule has 0 saturated carbocycles. The SMILES string of the molecule is C=CC1COCC1Cc1cccc2ccccc12. The average Bonchev–Trinajstić information content (AvgIpc) is 2.86. The first-order valence-electron chi connectivity index (χ1n) is 6.55. The third-order valence-electron chi connectivity index (χ3n) is 3.91. The predicted octanol–water partition coefficient (Wildman–Crippen LogP) is 3.83. The van der Waals surface area contributed by atoms with Gasteiger partial charge < -0.3 is 4.74 Å². The second kappa shape index (κ2) is 4.95. The summed E-state index contributed by atoms with van der Waals surface area (Å²) in [6, 6.07) is 15.2. The number of hydrogen-bond acceptors (Lipinski definition) is 1. The summed E-state index contributed by atoms with van der Waals surface area (Å²) in [5, 5.41) is 2.69. The van der Waals surface area contributed by atoms with Gasteiger partial charge in [0.25, 0.3) is 0 Å². The van der Waals surface area contributed by atoms with E-state index in [2.05, 4.69) is 49.0 Å². The molecule has 1 nitrogen and oxygen atoms in total. The van der Waals surface area contributed by atoms with E-state index in [0.29, 0.717) is 11.8 Å². The van der Waals surface area contributed by atoms with Crippen molar-refractivity contribution in [2.75, 3.05) is 13.2 Å². The van der Waals surface area contributed by atoms with Gasteiger partial charge in [0.1, 0.15) is 0 Å². The maximum absolute atomic E-state index is 5.57. The molecule has 1 aliphatic rings. The zero-order chi connectivity index (χ0) is 12.4. The first kappa shape index (κ1) is 11.5. The van der Waals surface area contributed by atoms with Crippen LogP contribution in [0, 0.1) is 11.8 Å². The normalized spacial score (nSPS) is 23.3. The Morgan fingerprint density at radius 1 is 1.11 bits per heavy atom. The van der Waals surface area contributed by atoms with Crippen molar-refractivity contribution in [1.29, 1.82) is 0 Å². The lowest BCUT2D eigenvalue weighted by molar-refractivity contribution is 0.183. The van der Waals surface area contributed by atoms with Crippen LogP contribution in [0.3, 0.4) is 0 Å². The Balaban J connectivity index is 1.92. The summed E-state index contributed by atoms with van der Waals surface area (Å²) in [6.45, 7) is 5.61. The van der Waals surface area contributed by atoms with Gasteiger partial charge in [0, 0.05) is 5.92 Å². The highest BCUT2D eigenvalue weighted by atomic mass is 16.5. The van der Waals surface area contributed by atoms with Crippen LogP contribution >= 0.6 is 0 Å². The van der Waals surface area contributed by atoms with E-state index in [9.17, 15) is 0 Å². The molecule has 0 bridgehead atoms. The van der Waals surface area contributed by atoms with Crippen molar-refractivity contribution in [2.45, 2.75) is 6.42 Å². The summed E-state index contributed by atoms with van der Waals surface area (Å²) in [4.78, 5) is 0. The van der Waals surface area contributed by atoms with Crippen LogP contribution in [0.5, 0.6) is 0 Å². The molecule has 0 aliphatic carbocycles. The summed E-state index contributed by atoms with van der Waals surface area (Å²) in [5.74, 6) is 1.08. The van der Waals surface area contributed by atoms with Crippen LogP contribution in [0.2, 0.25) is 0 Å². The number of ether oxygens (including phenoxy) is 1. The van der Waals surface area contributed by atoms with Crippen LogP contribution in [0.4, 0.5) is 0 Å². The summed E-state index contributed by atoms with van der Waals surface area (Å²) < 4.78 is 5.57. The van der Waals surface area contributed by atoms with Crippen LogP contribution in [0.25, 0.3) is 10.8 Å². The molecule has 3 rings (SSSR count). The largest absolute Gasteiger partial charge is 0.381 e. The Bertz CT molecular complexity index is 553. The van der Waals surface area contributed by atoms with Gasteiger partial charge in [-0.1, -0.05) is 48.5 Å². The molecule has 92 valence electrons. The molecule has 0 radical (unpaired) electrons. The number of benzene rings is 2. The molecule has 1 saturated heterocycles. The zero-order valence-electron chi connectivity index (χ0n) is 10.5. The van der Waals surface area contributed by atoms with Gasteiger partial charge in [-0.3, -0.25) is 0 Å². The minimum atomic E-state index is 0.504. The van der Waals surface area contributed by atoms with Gasteiger partial charge in [0.2, 0.25) is 0 Å². The summed E-state index contributed by atoms with van der Waals surface area (Å²) in [5.41, 5.74) is 1.43. The Kier molecular flexibility index (Phi) is 3.16. The molecule has 1 aliphatic heterocycles. The molecular weight excluding hydrogens is 220 g/mol. The van der Waals surface area contributed by atoms with Crippen molar-refractivity contribution in [3.8, 4) is 0 Å². The molecule has 2 aromatic carbocycles. The topological polar surface area (TPSA) is 9.23 Å². The summed E-state index contributed by atoms with van der Waals surface area (Å²) in [7, 11) is 0. The van der Waals surface area contributed by atoms with Gasteiger partial charge in [-0.15, -0.1) is 6.58 Å². The molecule has 2 aromatic rings. The molecule has 18 heavy (non-hydrogen) atoms. The minimum Gasteiger partial charge on any atom is -0.381 e. The van der Waals surface area contributed by atoms with Gasteiger partial charge in [-0.25, -0.2) is 0 Å². The van der Waals surface area contributed by atoms with Gasteiger partial charge in [0.05, 0.1) is 13.2 Å². The second-order valence-electron chi connectivity index (χ2n) is 5.04. The van der Waals surface area contributed by atoms with Crippen molar-refractivity contribution < 1.29 is 4.74 Å². The van der Waals surface area contributed by atoms with Crippen molar-refractivity contribution in [2.24, 2.45) is 11.8 Å². The molecule has 0 amide bonds. The Labute approximate surface area is 108 Å². The zero-order valence-corrected chi connectivity index (χ0v) is 10.5. The third-order valence-corrected chi connectivity index (χ3v) is 3.91. The fraction of sp³-hybridized carbons (Fsp3) is 0.294. The maximum Gasteiger partial charge on any atom is 0.0532 e. The highest BCUT2D eigenvalue weighted by Crippen LogP contribution is 2.28. The van der Waals surface area contributed by atoms with E-state index in [0.717, 1.165) is 19.6 Å². The first-order chi connectivity index (χ1) is 8.88. The smallest absolute Gasteiger partial charge is 0.0532 e. The van der Waals surface area contributed by atoms with Crippen molar-refractivity contribution in [1.82, 2.24) is 0 Å². The lowest BCUT2D eigenvalue weighted by atomic mass is 9.88. The van der Waals surface area contributed by atoms with E-state index in [1.807, 2.05) is 6.08 Å². The third kappa shape index (κ3) is 2.06. The van der Waals surface area contributed by atoms with E-state index >= 15 is 0 Å². The van der Waals surface area contributed by atoms with E-state index in [1.54, 1.807) is 0 Å². The second-order valence-corrected chi connectivity index (χ2v) is 5.04. The Morgan fingerprint density at radius 2 is 1.94 bits per heavy atom. The van der Waals surface area contributed by atoms with E-state index in [4.69, 9.17) is 4.74 Å². The molecule has 1 heteroatoms. The van der Waals surface area contributed by atoms with Crippen molar-refractivity contribution in [3.05, 3.63) is 60.7 Å². The number of fused-ring (bicyclic) bond motifs is 1. The molecule has 0 aromatic heterocycles. The van der Waals surface area contributed by atoms with Gasteiger partial charge in [0.15, 0.2) is 0 Å². The molecular formula is C17H18O. The van der Waals surface area contributed by atoms with Crippen LogP contribution in [-0.4, -0.2) is 13.2 Å².